The molecule has 26 heavy (non-hydrogen) atoms. The van der Waals surface area contributed by atoms with Crippen molar-refractivity contribution in [1.82, 2.24) is 5.43 Å². The minimum atomic E-state index is -0.268. The van der Waals surface area contributed by atoms with Crippen molar-refractivity contribution < 1.29 is 9.53 Å². The van der Waals surface area contributed by atoms with Crippen molar-refractivity contribution in [3.63, 3.8) is 0 Å². The van der Waals surface area contributed by atoms with Crippen molar-refractivity contribution in [3.8, 4) is 5.75 Å². The van der Waals surface area contributed by atoms with Gasteiger partial charge < -0.3 is 4.74 Å². The Morgan fingerprint density at radius 2 is 1.92 bits per heavy atom. The molecule has 0 saturated heterocycles. The molecule has 1 N–H and O–H groups in total. The van der Waals surface area contributed by atoms with Gasteiger partial charge in [0.05, 0.1) is 6.21 Å². The van der Waals surface area contributed by atoms with Gasteiger partial charge in [0.15, 0.2) is 0 Å². The third-order valence-corrected chi connectivity index (χ3v) is 4.20. The molecule has 0 aliphatic carbocycles. The van der Waals surface area contributed by atoms with Gasteiger partial charge in [-0.2, -0.15) is 5.10 Å². The van der Waals surface area contributed by atoms with Gasteiger partial charge in [-0.05, 0) is 41.1 Å². The fraction of sp³-hybridized carbons (Fsp3) is 0.0476. The highest BCUT2D eigenvalue weighted by molar-refractivity contribution is 9.10. The van der Waals surface area contributed by atoms with E-state index in [0.717, 1.165) is 20.8 Å². The summed E-state index contributed by atoms with van der Waals surface area (Å²) in [6, 6.07) is 19.0. The van der Waals surface area contributed by atoms with E-state index in [-0.39, 0.29) is 5.91 Å². The number of benzene rings is 3. The number of carbonyl (C=O) groups is 1. The predicted octanol–water partition coefficient (Wildman–Crippen LogP) is 4.93. The lowest BCUT2D eigenvalue weighted by Gasteiger charge is -2.07. The number of nitrogens with zero attached hydrogens (tertiary/aromatic N) is 1. The summed E-state index contributed by atoms with van der Waals surface area (Å²) in [6.45, 7) is 4.03. The van der Waals surface area contributed by atoms with Gasteiger partial charge in [-0.1, -0.05) is 58.9 Å². The molecule has 130 valence electrons. The zero-order valence-corrected chi connectivity index (χ0v) is 15.6. The van der Waals surface area contributed by atoms with Crippen LogP contribution in [-0.2, 0) is 0 Å². The van der Waals surface area contributed by atoms with Crippen molar-refractivity contribution >= 4 is 38.8 Å². The summed E-state index contributed by atoms with van der Waals surface area (Å²) in [6.07, 6.45) is 3.23. The van der Waals surface area contributed by atoms with E-state index >= 15 is 0 Å². The minimum absolute atomic E-state index is 0.268. The number of nitrogens with one attached hydrogen (secondary N) is 1. The molecule has 5 heteroatoms. The van der Waals surface area contributed by atoms with E-state index in [9.17, 15) is 4.79 Å². The number of fused-ring (bicyclic) bond motifs is 1. The highest BCUT2D eigenvalue weighted by Crippen LogP contribution is 2.22. The van der Waals surface area contributed by atoms with Gasteiger partial charge in [0.1, 0.15) is 12.4 Å². The number of hydrogen-bond donors (Lipinski definition) is 1. The van der Waals surface area contributed by atoms with E-state index in [1.165, 1.54) is 0 Å². The molecule has 0 radical (unpaired) electrons. The third kappa shape index (κ3) is 4.37. The van der Waals surface area contributed by atoms with Crippen LogP contribution >= 0.6 is 15.9 Å². The average molecular weight is 409 g/mol. The Morgan fingerprint density at radius 3 is 2.73 bits per heavy atom. The normalized spacial score (nSPS) is 10.8. The third-order valence-electron chi connectivity index (χ3n) is 3.71. The molecule has 0 aliphatic rings. The second-order valence-corrected chi connectivity index (χ2v) is 6.46. The van der Waals surface area contributed by atoms with Gasteiger partial charge in [-0.15, -0.1) is 0 Å². The predicted molar refractivity (Wildman–Crippen MR) is 109 cm³/mol. The Kier molecular flexibility index (Phi) is 5.81. The fourth-order valence-corrected chi connectivity index (χ4v) is 2.83. The maximum absolute atomic E-state index is 12.3. The number of hydrazone groups is 1. The van der Waals surface area contributed by atoms with Crippen LogP contribution in [0.15, 0.2) is 82.9 Å². The Balaban J connectivity index is 1.74. The first kappa shape index (κ1) is 17.9. The van der Waals surface area contributed by atoms with Gasteiger partial charge in [0.2, 0.25) is 0 Å². The number of halogens is 1. The zero-order valence-electron chi connectivity index (χ0n) is 14.0. The molecule has 0 saturated carbocycles. The first-order valence-electron chi connectivity index (χ1n) is 8.03. The Morgan fingerprint density at radius 1 is 1.12 bits per heavy atom. The molecular formula is C21H17BrN2O2. The quantitative estimate of drug-likeness (QED) is 0.357. The van der Waals surface area contributed by atoms with Crippen molar-refractivity contribution in [2.24, 2.45) is 5.10 Å². The summed E-state index contributed by atoms with van der Waals surface area (Å²) in [4.78, 5) is 12.3. The van der Waals surface area contributed by atoms with Crippen molar-refractivity contribution in [3.05, 3.63) is 88.9 Å². The zero-order chi connectivity index (χ0) is 18.4. The van der Waals surface area contributed by atoms with Crippen molar-refractivity contribution in [2.45, 2.75) is 0 Å². The van der Waals surface area contributed by atoms with Crippen LogP contribution < -0.4 is 10.2 Å². The minimum Gasteiger partial charge on any atom is -0.489 e. The van der Waals surface area contributed by atoms with Gasteiger partial charge in [-0.25, -0.2) is 5.43 Å². The van der Waals surface area contributed by atoms with E-state index < -0.39 is 0 Å². The molecule has 3 rings (SSSR count). The maximum Gasteiger partial charge on any atom is 0.271 e. The van der Waals surface area contributed by atoms with Crippen LogP contribution in [0.1, 0.15) is 15.9 Å². The molecule has 0 aromatic heterocycles. The van der Waals surface area contributed by atoms with Crippen LogP contribution in [0.3, 0.4) is 0 Å². The molecule has 1 amide bonds. The van der Waals surface area contributed by atoms with E-state index in [1.807, 2.05) is 54.6 Å². The van der Waals surface area contributed by atoms with E-state index in [1.54, 1.807) is 18.4 Å². The Labute approximate surface area is 160 Å². The van der Waals surface area contributed by atoms with Crippen molar-refractivity contribution in [2.75, 3.05) is 6.61 Å². The molecule has 0 aliphatic heterocycles. The molecule has 4 nitrogen and oxygen atoms in total. The van der Waals surface area contributed by atoms with Gasteiger partial charge in [-0.3, -0.25) is 4.79 Å². The van der Waals surface area contributed by atoms with E-state index in [2.05, 4.69) is 33.0 Å². The lowest BCUT2D eigenvalue weighted by molar-refractivity contribution is 0.0955. The molecule has 0 unspecified atom stereocenters. The van der Waals surface area contributed by atoms with Crippen LogP contribution in [-0.4, -0.2) is 18.7 Å². The summed E-state index contributed by atoms with van der Waals surface area (Å²) in [5.74, 6) is 0.396. The SMILES string of the molecule is C=CCOc1ccc(Br)cc1/C=N\NC(=O)c1ccc2ccccc2c1. The lowest BCUT2D eigenvalue weighted by atomic mass is 10.1. The second-order valence-electron chi connectivity index (χ2n) is 5.54. The van der Waals surface area contributed by atoms with Crippen LogP contribution in [0.2, 0.25) is 0 Å². The maximum atomic E-state index is 12.3. The largest absolute Gasteiger partial charge is 0.489 e. The van der Waals surface area contributed by atoms with Crippen molar-refractivity contribution in [1.29, 1.82) is 0 Å². The highest BCUT2D eigenvalue weighted by Gasteiger charge is 2.06. The molecule has 0 spiro atoms. The van der Waals surface area contributed by atoms with Crippen LogP contribution in [0.5, 0.6) is 5.75 Å². The van der Waals surface area contributed by atoms with E-state index in [4.69, 9.17) is 4.74 Å². The Hall–Kier alpha value is -2.92. The first-order valence-corrected chi connectivity index (χ1v) is 8.82. The van der Waals surface area contributed by atoms with Crippen LogP contribution in [0.4, 0.5) is 0 Å². The van der Waals surface area contributed by atoms with Crippen LogP contribution in [0.25, 0.3) is 10.8 Å². The molecule has 0 atom stereocenters. The summed E-state index contributed by atoms with van der Waals surface area (Å²) >= 11 is 3.42. The first-order chi connectivity index (χ1) is 12.7. The van der Waals surface area contributed by atoms with Gasteiger partial charge in [0, 0.05) is 15.6 Å². The standard InChI is InChI=1S/C21H17BrN2O2/c1-2-11-26-20-10-9-19(22)13-18(20)14-23-24-21(25)17-8-7-15-5-3-4-6-16(15)12-17/h2-10,12-14H,1,11H2,(H,24,25)/b23-14-. The molecular weight excluding hydrogens is 392 g/mol. The average Bonchev–Trinajstić information content (AvgIpc) is 2.67. The summed E-state index contributed by atoms with van der Waals surface area (Å²) < 4.78 is 6.48. The lowest BCUT2D eigenvalue weighted by Crippen LogP contribution is -2.17. The smallest absolute Gasteiger partial charge is 0.271 e. The topological polar surface area (TPSA) is 50.7 Å². The summed E-state index contributed by atoms with van der Waals surface area (Å²) in [5.41, 5.74) is 3.86. The van der Waals surface area contributed by atoms with E-state index in [0.29, 0.717) is 17.9 Å². The number of hydrogen-bond acceptors (Lipinski definition) is 3. The van der Waals surface area contributed by atoms with Gasteiger partial charge >= 0.3 is 0 Å². The summed E-state index contributed by atoms with van der Waals surface area (Å²) in [7, 11) is 0. The van der Waals surface area contributed by atoms with Gasteiger partial charge in [0.25, 0.3) is 5.91 Å². The molecule has 0 fully saturated rings. The second kappa shape index (κ2) is 8.45. The monoisotopic (exact) mass is 408 g/mol. The Bertz CT molecular complexity index is 983. The molecule has 0 bridgehead atoms. The molecule has 3 aromatic rings. The number of amides is 1. The summed E-state index contributed by atoms with van der Waals surface area (Å²) in [5, 5.41) is 6.16. The molecule has 0 heterocycles. The van der Waals surface area contributed by atoms with Crippen LogP contribution in [0, 0.1) is 0 Å². The number of ether oxygens (including phenoxy) is 1. The number of carbonyl (C=O) groups excluding carboxylic acids is 1. The molecule has 3 aromatic carbocycles. The number of rotatable bonds is 6. The fourth-order valence-electron chi connectivity index (χ4n) is 2.46. The highest BCUT2D eigenvalue weighted by atomic mass is 79.9.